The van der Waals surface area contributed by atoms with Crippen molar-refractivity contribution in [1.82, 2.24) is 14.9 Å². The number of methoxy groups -OCH3 is 1. The lowest BCUT2D eigenvalue weighted by molar-refractivity contribution is -0.116. The minimum Gasteiger partial charge on any atom is -0.497 e. The molecule has 4 rings (SSSR count). The van der Waals surface area contributed by atoms with Gasteiger partial charge in [0.05, 0.1) is 28.7 Å². The number of hydrogen-bond donors (Lipinski definition) is 2. The molecule has 0 bridgehead atoms. The molecule has 1 aromatic heterocycles. The molecule has 0 unspecified atom stereocenters. The van der Waals surface area contributed by atoms with Gasteiger partial charge in [0.2, 0.25) is 5.91 Å². The number of aromatic nitrogens is 2. The van der Waals surface area contributed by atoms with Crippen LogP contribution in [0.25, 0.3) is 11.0 Å². The molecule has 0 aliphatic rings. The fourth-order valence-electron chi connectivity index (χ4n) is 3.57. The summed E-state index contributed by atoms with van der Waals surface area (Å²) < 4.78 is 7.08. The van der Waals surface area contributed by atoms with E-state index < -0.39 is 0 Å². The first-order chi connectivity index (χ1) is 16.0. The summed E-state index contributed by atoms with van der Waals surface area (Å²) in [4.78, 5) is 29.9. The molecule has 33 heavy (non-hydrogen) atoms. The van der Waals surface area contributed by atoms with Gasteiger partial charge in [-0.25, -0.2) is 4.98 Å². The highest BCUT2D eigenvalue weighted by Gasteiger charge is 2.15. The largest absolute Gasteiger partial charge is 0.497 e. The maximum atomic E-state index is 12.8. The standard InChI is InChI=1S/C25H23ClN4O3/c1-33-18-8-6-7-17(15-18)28-24(31)16-30-22-12-5-4-11-21(22)29-23(30)13-14-27-25(32)19-9-2-3-10-20(19)26/h2-12,15H,13-14,16H2,1H3,(H,27,32)(H,28,31). The first-order valence-electron chi connectivity index (χ1n) is 10.5. The molecule has 7 nitrogen and oxygen atoms in total. The SMILES string of the molecule is COc1cccc(NC(=O)Cn2c(CCNC(=O)c3ccccc3Cl)nc3ccccc32)c1. The number of nitrogens with one attached hydrogen (secondary N) is 2. The van der Waals surface area contributed by atoms with Crippen LogP contribution in [0, 0.1) is 0 Å². The van der Waals surface area contributed by atoms with E-state index in [4.69, 9.17) is 16.3 Å². The predicted molar refractivity (Wildman–Crippen MR) is 129 cm³/mol. The van der Waals surface area contributed by atoms with Gasteiger partial charge in [-0.3, -0.25) is 9.59 Å². The van der Waals surface area contributed by atoms with E-state index in [-0.39, 0.29) is 18.4 Å². The minimum absolute atomic E-state index is 0.0888. The molecule has 2 N–H and O–H groups in total. The summed E-state index contributed by atoms with van der Waals surface area (Å²) in [6.07, 6.45) is 0.456. The molecule has 1 heterocycles. The van der Waals surface area contributed by atoms with Crippen LogP contribution in [0.3, 0.4) is 0 Å². The van der Waals surface area contributed by atoms with E-state index in [0.717, 1.165) is 11.0 Å². The van der Waals surface area contributed by atoms with Crippen LogP contribution in [0.15, 0.2) is 72.8 Å². The fourth-order valence-corrected chi connectivity index (χ4v) is 3.79. The first-order valence-corrected chi connectivity index (χ1v) is 10.8. The van der Waals surface area contributed by atoms with Gasteiger partial charge in [-0.15, -0.1) is 0 Å². The number of halogens is 1. The summed E-state index contributed by atoms with van der Waals surface area (Å²) in [6, 6.07) is 21.7. The Labute approximate surface area is 196 Å². The molecular formula is C25H23ClN4O3. The Morgan fingerprint density at radius 2 is 1.82 bits per heavy atom. The monoisotopic (exact) mass is 462 g/mol. The van der Waals surface area contributed by atoms with Crippen LogP contribution in [-0.4, -0.2) is 35.0 Å². The van der Waals surface area contributed by atoms with Crippen molar-refractivity contribution in [2.75, 3.05) is 19.0 Å². The number of carbonyl (C=O) groups excluding carboxylic acids is 2. The molecule has 0 fully saturated rings. The van der Waals surface area contributed by atoms with Gasteiger partial charge in [0.25, 0.3) is 5.91 Å². The average Bonchev–Trinajstić information content (AvgIpc) is 3.16. The molecule has 0 radical (unpaired) electrons. The topological polar surface area (TPSA) is 85.2 Å². The van der Waals surface area contributed by atoms with Gasteiger partial charge in [0, 0.05) is 24.7 Å². The number of benzene rings is 3. The Balaban J connectivity index is 1.48. The maximum absolute atomic E-state index is 12.8. The van der Waals surface area contributed by atoms with Gasteiger partial charge in [-0.05, 0) is 36.4 Å². The van der Waals surface area contributed by atoms with Crippen molar-refractivity contribution >= 4 is 40.1 Å². The smallest absolute Gasteiger partial charge is 0.252 e. The van der Waals surface area contributed by atoms with Crippen LogP contribution in [0.1, 0.15) is 16.2 Å². The molecule has 0 saturated heterocycles. The number of para-hydroxylation sites is 2. The molecule has 168 valence electrons. The van der Waals surface area contributed by atoms with E-state index in [9.17, 15) is 9.59 Å². The van der Waals surface area contributed by atoms with Crippen molar-refractivity contribution < 1.29 is 14.3 Å². The third kappa shape index (κ3) is 5.32. The normalized spacial score (nSPS) is 10.7. The Kier molecular flexibility index (Phi) is 6.90. The molecule has 4 aromatic rings. The zero-order valence-corrected chi connectivity index (χ0v) is 18.8. The number of imidazole rings is 1. The second-order valence-corrected chi connectivity index (χ2v) is 7.78. The molecule has 2 amide bonds. The molecule has 0 aliphatic heterocycles. The Morgan fingerprint density at radius 3 is 2.64 bits per heavy atom. The second kappa shape index (κ2) is 10.2. The Hall–Kier alpha value is -3.84. The maximum Gasteiger partial charge on any atom is 0.252 e. The lowest BCUT2D eigenvalue weighted by atomic mass is 10.2. The van der Waals surface area contributed by atoms with Crippen molar-refractivity contribution in [2.45, 2.75) is 13.0 Å². The number of hydrogen-bond acceptors (Lipinski definition) is 4. The van der Waals surface area contributed by atoms with Crippen LogP contribution in [0.2, 0.25) is 5.02 Å². The average molecular weight is 463 g/mol. The van der Waals surface area contributed by atoms with Crippen molar-refractivity contribution in [2.24, 2.45) is 0 Å². The van der Waals surface area contributed by atoms with E-state index in [1.165, 1.54) is 0 Å². The summed E-state index contributed by atoms with van der Waals surface area (Å²) in [5.74, 6) is 0.930. The number of fused-ring (bicyclic) bond motifs is 1. The number of ether oxygens (including phenoxy) is 1. The lowest BCUT2D eigenvalue weighted by Gasteiger charge is -2.11. The van der Waals surface area contributed by atoms with Crippen molar-refractivity contribution in [3.05, 3.63) is 89.2 Å². The van der Waals surface area contributed by atoms with E-state index in [1.807, 2.05) is 41.0 Å². The van der Waals surface area contributed by atoms with Crippen LogP contribution < -0.4 is 15.4 Å². The number of amides is 2. The molecule has 8 heteroatoms. The fraction of sp³-hybridized carbons (Fsp3) is 0.160. The molecular weight excluding hydrogens is 440 g/mol. The molecule has 0 spiro atoms. The first kappa shape index (κ1) is 22.4. The van der Waals surface area contributed by atoms with Crippen LogP contribution in [0.4, 0.5) is 5.69 Å². The van der Waals surface area contributed by atoms with E-state index in [1.54, 1.807) is 43.5 Å². The minimum atomic E-state index is -0.251. The molecule has 0 atom stereocenters. The van der Waals surface area contributed by atoms with Gasteiger partial charge >= 0.3 is 0 Å². The van der Waals surface area contributed by atoms with E-state index >= 15 is 0 Å². The van der Waals surface area contributed by atoms with Crippen LogP contribution in [-0.2, 0) is 17.8 Å². The summed E-state index contributed by atoms with van der Waals surface area (Å²) in [7, 11) is 1.58. The number of rotatable bonds is 8. The zero-order valence-electron chi connectivity index (χ0n) is 18.0. The highest BCUT2D eigenvalue weighted by molar-refractivity contribution is 6.33. The zero-order chi connectivity index (χ0) is 23.2. The summed E-state index contributed by atoms with van der Waals surface area (Å²) in [5, 5.41) is 6.17. The lowest BCUT2D eigenvalue weighted by Crippen LogP contribution is -2.27. The van der Waals surface area contributed by atoms with Crippen molar-refractivity contribution in [1.29, 1.82) is 0 Å². The highest BCUT2D eigenvalue weighted by atomic mass is 35.5. The molecule has 3 aromatic carbocycles. The third-order valence-electron chi connectivity index (χ3n) is 5.14. The van der Waals surface area contributed by atoms with Gasteiger partial charge in [-0.1, -0.05) is 41.9 Å². The van der Waals surface area contributed by atoms with Crippen LogP contribution in [0.5, 0.6) is 5.75 Å². The second-order valence-electron chi connectivity index (χ2n) is 7.37. The van der Waals surface area contributed by atoms with Crippen molar-refractivity contribution in [3.8, 4) is 5.75 Å². The Bertz CT molecular complexity index is 1300. The summed E-state index contributed by atoms with van der Waals surface area (Å²) in [6.45, 7) is 0.441. The number of carbonyl (C=O) groups is 2. The third-order valence-corrected chi connectivity index (χ3v) is 5.47. The van der Waals surface area contributed by atoms with E-state index in [0.29, 0.717) is 40.8 Å². The number of anilines is 1. The van der Waals surface area contributed by atoms with Crippen molar-refractivity contribution in [3.63, 3.8) is 0 Å². The van der Waals surface area contributed by atoms with Gasteiger partial charge in [-0.2, -0.15) is 0 Å². The van der Waals surface area contributed by atoms with Gasteiger partial charge in [0.1, 0.15) is 18.1 Å². The Morgan fingerprint density at radius 1 is 1.03 bits per heavy atom. The quantitative estimate of drug-likeness (QED) is 0.408. The van der Waals surface area contributed by atoms with Gasteiger partial charge < -0.3 is 19.9 Å². The van der Waals surface area contributed by atoms with E-state index in [2.05, 4.69) is 15.6 Å². The predicted octanol–water partition coefficient (Wildman–Crippen LogP) is 4.31. The van der Waals surface area contributed by atoms with Crippen LogP contribution >= 0.6 is 11.6 Å². The summed E-state index contributed by atoms with van der Waals surface area (Å²) >= 11 is 6.11. The highest BCUT2D eigenvalue weighted by Crippen LogP contribution is 2.19. The summed E-state index contributed by atoms with van der Waals surface area (Å²) in [5.41, 5.74) is 2.72. The number of nitrogens with zero attached hydrogens (tertiary/aromatic N) is 2. The molecule has 0 saturated carbocycles. The van der Waals surface area contributed by atoms with Gasteiger partial charge in [0.15, 0.2) is 0 Å². The molecule has 0 aliphatic carbocycles.